The Kier molecular flexibility index (Phi) is 3.64. The predicted octanol–water partition coefficient (Wildman–Crippen LogP) is 3.54. The van der Waals surface area contributed by atoms with Crippen LogP contribution in [-0.4, -0.2) is 27.4 Å². The van der Waals surface area contributed by atoms with E-state index in [1.807, 2.05) is 45.9 Å². The van der Waals surface area contributed by atoms with Crippen LogP contribution in [0.25, 0.3) is 0 Å². The van der Waals surface area contributed by atoms with Crippen LogP contribution in [0.1, 0.15) is 53.7 Å². The lowest BCUT2D eigenvalue weighted by atomic mass is 9.72. The van der Waals surface area contributed by atoms with Crippen molar-refractivity contribution in [2.45, 2.75) is 51.9 Å². The number of hydrogen-bond donors (Lipinski definition) is 2. The summed E-state index contributed by atoms with van der Waals surface area (Å²) in [6.07, 6.45) is 0.690. The number of Topliss-reactive ketones (excluding diaryl/α,β-unsaturated/α-hetero) is 2. The van der Waals surface area contributed by atoms with Crippen LogP contribution in [-0.2, 0) is 10.5 Å². The molecule has 0 amide bonds. The van der Waals surface area contributed by atoms with Crippen LogP contribution in [0.3, 0.4) is 0 Å². The van der Waals surface area contributed by atoms with Gasteiger partial charge in [0, 0.05) is 28.9 Å². The molecule has 0 saturated heterocycles. The van der Waals surface area contributed by atoms with Crippen LogP contribution < -0.4 is 4.90 Å². The van der Waals surface area contributed by atoms with Gasteiger partial charge in [0.15, 0.2) is 5.78 Å². The van der Waals surface area contributed by atoms with E-state index in [2.05, 4.69) is 0 Å². The molecular formula is C25H25NO4. The largest absolute Gasteiger partial charge is 0.372 e. The fourth-order valence-electron chi connectivity index (χ4n) is 5.40. The van der Waals surface area contributed by atoms with Gasteiger partial charge in [0.2, 0.25) is 17.1 Å². The van der Waals surface area contributed by atoms with Gasteiger partial charge in [-0.25, -0.2) is 0 Å². The number of carbonyl (C=O) groups excluding carboxylic acids is 2. The Hall–Kier alpha value is -2.76. The number of aliphatic hydroxyl groups is 2. The van der Waals surface area contributed by atoms with E-state index in [4.69, 9.17) is 0 Å². The number of anilines is 1. The second-order valence-electron chi connectivity index (χ2n) is 9.62. The number of carbonyl (C=O) groups is 2. The average molecular weight is 403 g/mol. The van der Waals surface area contributed by atoms with E-state index in [1.54, 1.807) is 29.2 Å². The Morgan fingerprint density at radius 2 is 1.63 bits per heavy atom. The molecule has 2 N–H and O–H groups in total. The smallest absolute Gasteiger partial charge is 0.211 e. The molecule has 2 aromatic rings. The van der Waals surface area contributed by atoms with Gasteiger partial charge >= 0.3 is 0 Å². The first-order chi connectivity index (χ1) is 14.0. The molecule has 0 spiro atoms. The molecule has 0 bridgehead atoms. The van der Waals surface area contributed by atoms with E-state index in [0.717, 1.165) is 11.1 Å². The normalized spacial score (nSPS) is 29.2. The Morgan fingerprint density at radius 1 is 0.933 bits per heavy atom. The molecule has 0 aromatic heterocycles. The number of ketones is 2. The number of aryl methyl sites for hydroxylation is 2. The molecule has 1 heterocycles. The minimum Gasteiger partial charge on any atom is -0.372 e. The zero-order valence-electron chi connectivity index (χ0n) is 17.6. The standard InChI is InChI=1S/C25H25NO4/c1-14-9-10-16(11-15(14)2)26-19-12-23(3,4)13-20(27)21(19)24(29)22(28)17-7-5-6-8-18(17)25(24,26)30/h5-11,29-30H,12-13H2,1-4H3/t24-,25+/m0/s1. The molecule has 0 unspecified atom stereocenters. The first kappa shape index (κ1) is 19.2. The third-order valence-corrected chi connectivity index (χ3v) is 6.94. The fraction of sp³-hybridized carbons (Fsp3) is 0.360. The van der Waals surface area contributed by atoms with Gasteiger partial charge < -0.3 is 15.1 Å². The van der Waals surface area contributed by atoms with Crippen LogP contribution in [0.15, 0.2) is 53.7 Å². The summed E-state index contributed by atoms with van der Waals surface area (Å²) in [5.41, 5.74) is -0.806. The number of rotatable bonds is 1. The van der Waals surface area contributed by atoms with E-state index in [9.17, 15) is 19.8 Å². The Bertz CT molecular complexity index is 1180. The number of benzene rings is 2. The maximum atomic E-state index is 13.4. The van der Waals surface area contributed by atoms with E-state index < -0.39 is 17.1 Å². The summed E-state index contributed by atoms with van der Waals surface area (Å²) in [7, 11) is 0. The summed E-state index contributed by atoms with van der Waals surface area (Å²) in [6, 6.07) is 12.4. The number of hydrogen-bond acceptors (Lipinski definition) is 5. The molecule has 2 atom stereocenters. The molecule has 0 fully saturated rings. The van der Waals surface area contributed by atoms with Crippen molar-refractivity contribution >= 4 is 17.3 Å². The summed E-state index contributed by atoms with van der Waals surface area (Å²) < 4.78 is 0. The van der Waals surface area contributed by atoms with Crippen LogP contribution >= 0.6 is 0 Å². The van der Waals surface area contributed by atoms with E-state index in [-0.39, 0.29) is 28.8 Å². The lowest BCUT2D eigenvalue weighted by molar-refractivity contribution is -0.124. The SMILES string of the molecule is Cc1ccc(N2C3=C(C(=O)CC(C)(C)C3)[C@]3(O)C(=O)c4ccccc4[C@]23O)cc1C. The molecular weight excluding hydrogens is 378 g/mol. The zero-order valence-corrected chi connectivity index (χ0v) is 17.6. The molecule has 5 heteroatoms. The second-order valence-corrected chi connectivity index (χ2v) is 9.62. The molecule has 0 saturated carbocycles. The molecule has 154 valence electrons. The maximum Gasteiger partial charge on any atom is 0.211 e. The van der Waals surface area contributed by atoms with Gasteiger partial charge in [-0.15, -0.1) is 0 Å². The third-order valence-electron chi connectivity index (χ3n) is 6.94. The van der Waals surface area contributed by atoms with Crippen LogP contribution in [0, 0.1) is 19.3 Å². The Labute approximate surface area is 175 Å². The van der Waals surface area contributed by atoms with Gasteiger partial charge in [0.05, 0.1) is 5.57 Å². The van der Waals surface area contributed by atoms with Crippen molar-refractivity contribution in [1.82, 2.24) is 0 Å². The van der Waals surface area contributed by atoms with Crippen LogP contribution in [0.2, 0.25) is 0 Å². The van der Waals surface area contributed by atoms with Gasteiger partial charge in [-0.1, -0.05) is 44.2 Å². The van der Waals surface area contributed by atoms with Crippen LogP contribution in [0.4, 0.5) is 5.69 Å². The van der Waals surface area contributed by atoms with Gasteiger partial charge in [-0.2, -0.15) is 0 Å². The van der Waals surface area contributed by atoms with Gasteiger partial charge in [0.1, 0.15) is 0 Å². The molecule has 0 radical (unpaired) electrons. The summed E-state index contributed by atoms with van der Waals surface area (Å²) >= 11 is 0. The lowest BCUT2D eigenvalue weighted by Crippen LogP contribution is -2.58. The maximum absolute atomic E-state index is 13.4. The second kappa shape index (κ2) is 5.68. The molecule has 5 rings (SSSR count). The highest BCUT2D eigenvalue weighted by molar-refractivity contribution is 6.19. The van der Waals surface area contributed by atoms with E-state index in [0.29, 0.717) is 23.4 Å². The zero-order chi connectivity index (χ0) is 21.6. The summed E-state index contributed by atoms with van der Waals surface area (Å²) in [5.74, 6) is -0.901. The first-order valence-corrected chi connectivity index (χ1v) is 10.3. The van der Waals surface area contributed by atoms with Crippen molar-refractivity contribution in [3.8, 4) is 0 Å². The molecule has 3 aliphatic rings. The minimum atomic E-state index is -2.32. The van der Waals surface area contributed by atoms with Crippen molar-refractivity contribution in [3.05, 3.63) is 76.0 Å². The van der Waals surface area contributed by atoms with Crippen molar-refractivity contribution in [1.29, 1.82) is 0 Å². The number of nitrogens with zero attached hydrogens (tertiary/aromatic N) is 1. The van der Waals surface area contributed by atoms with Gasteiger partial charge in [-0.05, 0) is 48.9 Å². The molecule has 2 aliphatic carbocycles. The lowest BCUT2D eigenvalue weighted by Gasteiger charge is -2.41. The van der Waals surface area contributed by atoms with Crippen molar-refractivity contribution in [2.75, 3.05) is 4.90 Å². The summed E-state index contributed by atoms with van der Waals surface area (Å²) in [4.78, 5) is 28.3. The molecule has 1 aliphatic heterocycles. The monoisotopic (exact) mass is 403 g/mol. The average Bonchev–Trinajstić information content (AvgIpc) is 2.97. The van der Waals surface area contributed by atoms with E-state index >= 15 is 0 Å². The highest BCUT2D eigenvalue weighted by atomic mass is 16.4. The van der Waals surface area contributed by atoms with Crippen molar-refractivity contribution in [2.24, 2.45) is 5.41 Å². The molecule has 5 nitrogen and oxygen atoms in total. The summed E-state index contributed by atoms with van der Waals surface area (Å²) in [5, 5.41) is 24.0. The summed E-state index contributed by atoms with van der Waals surface area (Å²) in [6.45, 7) is 7.96. The predicted molar refractivity (Wildman–Crippen MR) is 113 cm³/mol. The van der Waals surface area contributed by atoms with Gasteiger partial charge in [-0.3, -0.25) is 9.59 Å². The number of allylic oxidation sites excluding steroid dienone is 1. The van der Waals surface area contributed by atoms with Gasteiger partial charge in [0.25, 0.3) is 0 Å². The molecule has 2 aromatic carbocycles. The minimum absolute atomic E-state index is 0.0451. The molecule has 30 heavy (non-hydrogen) atoms. The van der Waals surface area contributed by atoms with Crippen LogP contribution in [0.5, 0.6) is 0 Å². The third kappa shape index (κ3) is 2.09. The van der Waals surface area contributed by atoms with Crippen molar-refractivity contribution in [3.63, 3.8) is 0 Å². The topological polar surface area (TPSA) is 77.8 Å². The fourth-order valence-corrected chi connectivity index (χ4v) is 5.40. The highest BCUT2D eigenvalue weighted by Crippen LogP contribution is 2.61. The highest BCUT2D eigenvalue weighted by Gasteiger charge is 2.74. The van der Waals surface area contributed by atoms with E-state index in [1.165, 1.54) is 0 Å². The Morgan fingerprint density at radius 3 is 2.33 bits per heavy atom. The van der Waals surface area contributed by atoms with Crippen molar-refractivity contribution < 1.29 is 19.8 Å². The first-order valence-electron chi connectivity index (χ1n) is 10.3. The number of fused-ring (bicyclic) bond motifs is 4. The quantitative estimate of drug-likeness (QED) is 0.762. The Balaban J connectivity index is 1.87.